The predicted molar refractivity (Wildman–Crippen MR) is 75.2 cm³/mol. The van der Waals surface area contributed by atoms with Crippen LogP contribution >= 0.6 is 0 Å². The molecule has 18 heavy (non-hydrogen) atoms. The average molecular weight is 244 g/mol. The molecule has 2 aromatic carbocycles. The summed E-state index contributed by atoms with van der Waals surface area (Å²) in [5, 5.41) is 2.37. The molecule has 0 aliphatic rings. The van der Waals surface area contributed by atoms with Gasteiger partial charge in [0.1, 0.15) is 12.4 Å². The van der Waals surface area contributed by atoms with E-state index in [4.69, 9.17) is 9.47 Å². The lowest BCUT2D eigenvalue weighted by atomic mass is 10.1. The molecule has 0 atom stereocenters. The van der Waals surface area contributed by atoms with Crippen LogP contribution in [-0.4, -0.2) is 19.8 Å². The van der Waals surface area contributed by atoms with Gasteiger partial charge < -0.3 is 9.47 Å². The van der Waals surface area contributed by atoms with Crippen LogP contribution in [0.4, 0.5) is 0 Å². The lowest BCUT2D eigenvalue weighted by Crippen LogP contribution is -2.07. The van der Waals surface area contributed by atoms with Gasteiger partial charge in [-0.2, -0.15) is 0 Å². The Balaban J connectivity index is 1.88. The minimum Gasteiger partial charge on any atom is -0.491 e. The molecule has 0 saturated carbocycles. The molecule has 0 aliphatic carbocycles. The van der Waals surface area contributed by atoms with Gasteiger partial charge in [0, 0.05) is 12.0 Å². The number of hydrogen-bond donors (Lipinski definition) is 0. The monoisotopic (exact) mass is 244 g/mol. The van der Waals surface area contributed by atoms with Crippen molar-refractivity contribution in [1.29, 1.82) is 0 Å². The summed E-state index contributed by atoms with van der Waals surface area (Å²) in [6, 6.07) is 14.4. The van der Waals surface area contributed by atoms with Crippen LogP contribution in [0.2, 0.25) is 0 Å². The second-order valence-electron chi connectivity index (χ2n) is 4.29. The highest BCUT2D eigenvalue weighted by molar-refractivity contribution is 5.88. The molecule has 0 fully saturated rings. The van der Waals surface area contributed by atoms with E-state index >= 15 is 0 Å². The fraction of sp³-hybridized carbons (Fsp3) is 0.375. The van der Waals surface area contributed by atoms with E-state index in [-0.39, 0.29) is 0 Å². The molecule has 0 unspecified atom stereocenters. The van der Waals surface area contributed by atoms with E-state index in [2.05, 4.69) is 25.1 Å². The Morgan fingerprint density at radius 3 is 2.61 bits per heavy atom. The summed E-state index contributed by atoms with van der Waals surface area (Å²) in [4.78, 5) is 0. The van der Waals surface area contributed by atoms with Crippen molar-refractivity contribution in [3.63, 3.8) is 0 Å². The Morgan fingerprint density at radius 1 is 0.889 bits per heavy atom. The van der Waals surface area contributed by atoms with Gasteiger partial charge in [-0.15, -0.1) is 0 Å². The first-order valence-corrected chi connectivity index (χ1v) is 6.60. The number of hydrogen-bond acceptors (Lipinski definition) is 2. The fourth-order valence-electron chi connectivity index (χ4n) is 1.88. The Bertz CT molecular complexity index is 474. The molecule has 2 rings (SSSR count). The molecule has 0 aromatic heterocycles. The van der Waals surface area contributed by atoms with Crippen LogP contribution in [0.25, 0.3) is 10.8 Å². The molecule has 0 heterocycles. The van der Waals surface area contributed by atoms with E-state index in [9.17, 15) is 0 Å². The van der Waals surface area contributed by atoms with Crippen molar-refractivity contribution in [3.05, 3.63) is 42.5 Å². The summed E-state index contributed by atoms with van der Waals surface area (Å²) in [5.74, 6) is 0.937. The zero-order valence-corrected chi connectivity index (χ0v) is 10.9. The Kier molecular flexibility index (Phi) is 5.03. The molecule has 2 heteroatoms. The Morgan fingerprint density at radius 2 is 1.72 bits per heavy atom. The lowest BCUT2D eigenvalue weighted by molar-refractivity contribution is 0.0985. The van der Waals surface area contributed by atoms with E-state index in [1.165, 1.54) is 11.8 Å². The Labute approximate surface area is 109 Å². The normalized spacial score (nSPS) is 10.7. The van der Waals surface area contributed by atoms with E-state index in [0.717, 1.165) is 24.2 Å². The van der Waals surface area contributed by atoms with Gasteiger partial charge in [-0.3, -0.25) is 0 Å². The maximum atomic E-state index is 5.77. The molecular formula is C16H20O2. The molecule has 0 bridgehead atoms. The maximum absolute atomic E-state index is 5.77. The Hall–Kier alpha value is -1.54. The standard InChI is InChI=1S/C16H20O2/c1-2-3-11-17-12-13-18-16-10-6-8-14-7-4-5-9-15(14)16/h4-10H,2-3,11-13H2,1H3. The van der Waals surface area contributed by atoms with Crippen LogP contribution in [0.5, 0.6) is 5.75 Å². The number of ether oxygens (including phenoxy) is 2. The second-order valence-corrected chi connectivity index (χ2v) is 4.29. The number of unbranched alkanes of at least 4 members (excludes halogenated alkanes) is 1. The second kappa shape index (κ2) is 7.02. The largest absolute Gasteiger partial charge is 0.491 e. The van der Waals surface area contributed by atoms with Crippen molar-refractivity contribution in [3.8, 4) is 5.75 Å². The summed E-state index contributed by atoms with van der Waals surface area (Å²) in [5.41, 5.74) is 0. The van der Waals surface area contributed by atoms with Crippen LogP contribution in [-0.2, 0) is 4.74 Å². The van der Waals surface area contributed by atoms with E-state index < -0.39 is 0 Å². The number of benzene rings is 2. The zero-order valence-electron chi connectivity index (χ0n) is 10.9. The van der Waals surface area contributed by atoms with Gasteiger partial charge in [0.15, 0.2) is 0 Å². The molecule has 0 saturated heterocycles. The van der Waals surface area contributed by atoms with Crippen molar-refractivity contribution in [1.82, 2.24) is 0 Å². The van der Waals surface area contributed by atoms with Crippen molar-refractivity contribution in [2.45, 2.75) is 19.8 Å². The third-order valence-corrected chi connectivity index (χ3v) is 2.88. The van der Waals surface area contributed by atoms with Crippen LogP contribution in [0.15, 0.2) is 42.5 Å². The fourth-order valence-corrected chi connectivity index (χ4v) is 1.88. The number of fused-ring (bicyclic) bond motifs is 1. The van der Waals surface area contributed by atoms with Gasteiger partial charge in [-0.1, -0.05) is 49.7 Å². The van der Waals surface area contributed by atoms with Crippen molar-refractivity contribution >= 4 is 10.8 Å². The molecule has 2 nitrogen and oxygen atoms in total. The van der Waals surface area contributed by atoms with Gasteiger partial charge in [-0.25, -0.2) is 0 Å². The topological polar surface area (TPSA) is 18.5 Å². The molecular weight excluding hydrogens is 224 g/mol. The molecule has 2 aromatic rings. The quantitative estimate of drug-likeness (QED) is 0.684. The first kappa shape index (κ1) is 12.9. The highest BCUT2D eigenvalue weighted by atomic mass is 16.5. The molecule has 96 valence electrons. The summed E-state index contributed by atoms with van der Waals surface area (Å²) in [6.45, 7) is 4.26. The van der Waals surface area contributed by atoms with Crippen LogP contribution in [0.3, 0.4) is 0 Å². The van der Waals surface area contributed by atoms with Gasteiger partial charge in [0.25, 0.3) is 0 Å². The molecule has 0 N–H and O–H groups in total. The summed E-state index contributed by atoms with van der Waals surface area (Å²) in [7, 11) is 0. The molecule has 0 spiro atoms. The summed E-state index contributed by atoms with van der Waals surface area (Å²) in [6.07, 6.45) is 2.29. The smallest absolute Gasteiger partial charge is 0.127 e. The van der Waals surface area contributed by atoms with Gasteiger partial charge in [-0.05, 0) is 17.9 Å². The lowest BCUT2D eigenvalue weighted by Gasteiger charge is -2.09. The average Bonchev–Trinajstić information content (AvgIpc) is 2.43. The minimum atomic E-state index is 0.609. The molecule has 0 amide bonds. The van der Waals surface area contributed by atoms with Gasteiger partial charge in [0.05, 0.1) is 6.61 Å². The summed E-state index contributed by atoms with van der Waals surface area (Å²) >= 11 is 0. The van der Waals surface area contributed by atoms with Crippen LogP contribution in [0, 0.1) is 0 Å². The van der Waals surface area contributed by atoms with E-state index in [1.54, 1.807) is 0 Å². The first-order chi connectivity index (χ1) is 8.92. The summed E-state index contributed by atoms with van der Waals surface area (Å²) < 4.78 is 11.3. The first-order valence-electron chi connectivity index (χ1n) is 6.60. The third-order valence-electron chi connectivity index (χ3n) is 2.88. The number of rotatable bonds is 7. The van der Waals surface area contributed by atoms with E-state index in [0.29, 0.717) is 13.2 Å². The van der Waals surface area contributed by atoms with Gasteiger partial charge in [0.2, 0.25) is 0 Å². The minimum absolute atomic E-state index is 0.609. The molecule has 0 radical (unpaired) electrons. The van der Waals surface area contributed by atoms with Crippen molar-refractivity contribution in [2.24, 2.45) is 0 Å². The zero-order chi connectivity index (χ0) is 12.6. The van der Waals surface area contributed by atoms with Gasteiger partial charge >= 0.3 is 0 Å². The highest BCUT2D eigenvalue weighted by Crippen LogP contribution is 2.24. The molecule has 0 aliphatic heterocycles. The predicted octanol–water partition coefficient (Wildman–Crippen LogP) is 4.04. The third kappa shape index (κ3) is 3.47. The van der Waals surface area contributed by atoms with Crippen LogP contribution in [0.1, 0.15) is 19.8 Å². The van der Waals surface area contributed by atoms with Crippen molar-refractivity contribution in [2.75, 3.05) is 19.8 Å². The van der Waals surface area contributed by atoms with Crippen LogP contribution < -0.4 is 4.74 Å². The van der Waals surface area contributed by atoms with Crippen molar-refractivity contribution < 1.29 is 9.47 Å². The van der Waals surface area contributed by atoms with E-state index in [1.807, 2.05) is 24.3 Å². The highest BCUT2D eigenvalue weighted by Gasteiger charge is 2.00. The maximum Gasteiger partial charge on any atom is 0.127 e. The SMILES string of the molecule is CCCCOCCOc1cccc2ccccc12.